The number of hydrogen-bond acceptors (Lipinski definition) is 6. The average Bonchev–Trinajstić information content (AvgIpc) is 3.16. The first-order valence-corrected chi connectivity index (χ1v) is 12.6. The van der Waals surface area contributed by atoms with Crippen molar-refractivity contribution < 1.29 is 19.4 Å². The van der Waals surface area contributed by atoms with Gasteiger partial charge < -0.3 is 9.84 Å². The summed E-state index contributed by atoms with van der Waals surface area (Å²) >= 11 is 1.60. The summed E-state index contributed by atoms with van der Waals surface area (Å²) in [6, 6.07) is 0. The number of nitrogens with zero attached hydrogens (tertiary/aromatic N) is 1. The molecular weight excluding hydrogens is 422 g/mol. The van der Waals surface area contributed by atoms with E-state index in [0.717, 1.165) is 35.5 Å². The lowest BCUT2D eigenvalue weighted by Gasteiger charge is -2.26. The molecule has 2 heterocycles. The number of hydrogen-bond donors (Lipinski definition) is 1. The van der Waals surface area contributed by atoms with Crippen molar-refractivity contribution >= 4 is 29.2 Å². The summed E-state index contributed by atoms with van der Waals surface area (Å²) < 4.78 is 5.85. The van der Waals surface area contributed by atoms with Gasteiger partial charge in [0.1, 0.15) is 11.9 Å². The molecule has 0 aliphatic carbocycles. The summed E-state index contributed by atoms with van der Waals surface area (Å²) in [5.74, 6) is -0.933. The summed E-state index contributed by atoms with van der Waals surface area (Å²) in [4.78, 5) is 29.9. The number of rotatable bonds is 2. The third kappa shape index (κ3) is 7.96. The predicted octanol–water partition coefficient (Wildman–Crippen LogP) is 5.91. The lowest BCUT2D eigenvalue weighted by atomic mass is 9.82. The van der Waals surface area contributed by atoms with E-state index in [-0.39, 0.29) is 36.1 Å². The van der Waals surface area contributed by atoms with Gasteiger partial charge in [0.05, 0.1) is 16.8 Å². The van der Waals surface area contributed by atoms with E-state index < -0.39 is 12.0 Å². The predicted molar refractivity (Wildman–Crippen MR) is 130 cm³/mol. The maximum absolute atomic E-state index is 12.8. The topological polar surface area (TPSA) is 76.5 Å². The van der Waals surface area contributed by atoms with Crippen molar-refractivity contribution in [3.63, 3.8) is 0 Å². The molecule has 0 amide bonds. The van der Waals surface area contributed by atoms with Crippen molar-refractivity contribution in [2.75, 3.05) is 0 Å². The highest BCUT2D eigenvalue weighted by Gasteiger charge is 2.30. The van der Waals surface area contributed by atoms with Gasteiger partial charge in [-0.3, -0.25) is 9.59 Å². The van der Waals surface area contributed by atoms with E-state index in [1.165, 1.54) is 5.57 Å². The van der Waals surface area contributed by atoms with Crippen LogP contribution in [0.1, 0.15) is 83.8 Å². The van der Waals surface area contributed by atoms with Gasteiger partial charge in [-0.15, -0.1) is 11.3 Å². The number of aliphatic hydroxyl groups excluding tert-OH is 1. The van der Waals surface area contributed by atoms with E-state index in [1.807, 2.05) is 39.2 Å². The number of carbonyl (C=O) groups is 2. The Hall–Kier alpha value is -1.79. The van der Waals surface area contributed by atoms with Crippen LogP contribution in [0, 0.1) is 24.7 Å². The first kappa shape index (κ1) is 26.5. The number of aliphatic hydroxyl groups is 1. The quantitative estimate of drug-likeness (QED) is 0.438. The van der Waals surface area contributed by atoms with Crippen molar-refractivity contribution in [3.05, 3.63) is 33.3 Å². The number of Topliss-reactive ketones (excluding diaryl/α,β-unsaturated/α-hetero) is 1. The number of ketones is 1. The van der Waals surface area contributed by atoms with Gasteiger partial charge in [0.15, 0.2) is 0 Å². The molecule has 1 aliphatic heterocycles. The van der Waals surface area contributed by atoms with Crippen LogP contribution in [0.25, 0.3) is 6.08 Å². The molecule has 5 nitrogen and oxygen atoms in total. The highest BCUT2D eigenvalue weighted by atomic mass is 32.1. The molecule has 0 aromatic carbocycles. The van der Waals surface area contributed by atoms with Crippen molar-refractivity contribution in [3.8, 4) is 0 Å². The van der Waals surface area contributed by atoms with Gasteiger partial charge in [0.2, 0.25) is 0 Å². The third-order valence-electron chi connectivity index (χ3n) is 6.52. The molecule has 6 heteroatoms. The molecule has 0 saturated carbocycles. The van der Waals surface area contributed by atoms with E-state index in [2.05, 4.69) is 18.0 Å². The van der Waals surface area contributed by atoms with Crippen molar-refractivity contribution in [1.82, 2.24) is 4.98 Å². The molecule has 0 saturated heterocycles. The maximum atomic E-state index is 12.8. The van der Waals surface area contributed by atoms with Crippen LogP contribution in [0.2, 0.25) is 0 Å². The fourth-order valence-electron chi connectivity index (χ4n) is 4.19. The van der Waals surface area contributed by atoms with Gasteiger partial charge >= 0.3 is 5.97 Å². The normalized spacial score (nSPS) is 31.7. The number of ether oxygens (including phenoxy) is 1. The summed E-state index contributed by atoms with van der Waals surface area (Å²) in [5.41, 5.74) is 3.09. The van der Waals surface area contributed by atoms with E-state index in [4.69, 9.17) is 4.74 Å². The smallest absolute Gasteiger partial charge is 0.306 e. The van der Waals surface area contributed by atoms with Crippen molar-refractivity contribution in [2.45, 2.75) is 92.3 Å². The van der Waals surface area contributed by atoms with Gasteiger partial charge in [0.25, 0.3) is 0 Å². The minimum atomic E-state index is -0.652. The zero-order valence-corrected chi connectivity index (χ0v) is 21.2. The molecule has 5 atom stereocenters. The molecule has 178 valence electrons. The molecule has 32 heavy (non-hydrogen) atoms. The Balaban J connectivity index is 2.21. The van der Waals surface area contributed by atoms with E-state index in [1.54, 1.807) is 18.3 Å². The molecule has 0 fully saturated rings. The first-order chi connectivity index (χ1) is 15.1. The second kappa shape index (κ2) is 12.4. The summed E-state index contributed by atoms with van der Waals surface area (Å²) in [7, 11) is 0. The molecule has 1 aliphatic rings. The van der Waals surface area contributed by atoms with Gasteiger partial charge in [-0.2, -0.15) is 0 Å². The number of allylic oxidation sites excluding steroid dienone is 1. The molecule has 0 spiro atoms. The summed E-state index contributed by atoms with van der Waals surface area (Å²) in [5, 5.41) is 13.6. The second-order valence-corrected chi connectivity index (χ2v) is 10.5. The second-order valence-electron chi connectivity index (χ2n) is 9.44. The molecule has 0 radical (unpaired) electrons. The van der Waals surface area contributed by atoms with Crippen LogP contribution in [0.4, 0.5) is 0 Å². The SMILES string of the molecule is C/C1=C/C[C@@H](/C(C)=C/c2csc(C)n2)OC(=O)CCC(C)C(=O)[C@H](C)[C@@H](O)C(C)CCC1. The number of aryl methyl sites for hydroxylation is 1. The molecular formula is C26H39NO4S. The van der Waals surface area contributed by atoms with Crippen molar-refractivity contribution in [1.29, 1.82) is 0 Å². The highest BCUT2D eigenvalue weighted by Crippen LogP contribution is 2.26. The number of thiazole rings is 1. The van der Waals surface area contributed by atoms with Gasteiger partial charge in [-0.25, -0.2) is 4.98 Å². The van der Waals surface area contributed by atoms with Crippen LogP contribution < -0.4 is 0 Å². The van der Waals surface area contributed by atoms with Crippen molar-refractivity contribution in [2.24, 2.45) is 17.8 Å². The lowest BCUT2D eigenvalue weighted by Crippen LogP contribution is -2.34. The molecule has 1 aromatic heterocycles. The molecule has 0 bridgehead atoms. The van der Waals surface area contributed by atoms with Crippen LogP contribution in [0.15, 0.2) is 22.6 Å². The minimum Gasteiger partial charge on any atom is -0.457 e. The Kier molecular flexibility index (Phi) is 10.3. The molecule has 1 N–H and O–H groups in total. The Bertz CT molecular complexity index is 841. The minimum absolute atomic E-state index is 0.0202. The Morgan fingerprint density at radius 2 is 1.91 bits per heavy atom. The zero-order chi connectivity index (χ0) is 23.8. The molecule has 1 aromatic rings. The van der Waals surface area contributed by atoms with Crippen LogP contribution in [0.5, 0.6) is 0 Å². The maximum Gasteiger partial charge on any atom is 0.306 e. The van der Waals surface area contributed by atoms with Crippen LogP contribution in [-0.2, 0) is 14.3 Å². The Morgan fingerprint density at radius 1 is 1.19 bits per heavy atom. The van der Waals surface area contributed by atoms with Gasteiger partial charge in [0, 0.05) is 30.1 Å². The fraction of sp³-hybridized carbons (Fsp3) is 0.654. The summed E-state index contributed by atoms with van der Waals surface area (Å²) in [6.45, 7) is 11.7. The zero-order valence-electron chi connectivity index (χ0n) is 20.4. The average molecular weight is 462 g/mol. The molecule has 2 unspecified atom stereocenters. The number of aromatic nitrogens is 1. The van der Waals surface area contributed by atoms with Crippen LogP contribution >= 0.6 is 11.3 Å². The first-order valence-electron chi connectivity index (χ1n) is 11.8. The van der Waals surface area contributed by atoms with Gasteiger partial charge in [-0.05, 0) is 64.0 Å². The van der Waals surface area contributed by atoms with E-state index >= 15 is 0 Å². The lowest BCUT2D eigenvalue weighted by molar-refractivity contribution is -0.147. The fourth-order valence-corrected chi connectivity index (χ4v) is 4.76. The number of carbonyl (C=O) groups excluding carboxylic acids is 2. The van der Waals surface area contributed by atoms with E-state index in [0.29, 0.717) is 12.8 Å². The summed E-state index contributed by atoms with van der Waals surface area (Å²) in [6.07, 6.45) is 7.12. The Morgan fingerprint density at radius 3 is 2.56 bits per heavy atom. The van der Waals surface area contributed by atoms with E-state index in [9.17, 15) is 14.7 Å². The highest BCUT2D eigenvalue weighted by molar-refractivity contribution is 7.09. The monoisotopic (exact) mass is 461 g/mol. The van der Waals surface area contributed by atoms with Gasteiger partial charge in [-0.1, -0.05) is 32.4 Å². The van der Waals surface area contributed by atoms with Crippen LogP contribution in [-0.4, -0.2) is 34.1 Å². The Labute approximate surface area is 197 Å². The number of esters is 1. The third-order valence-corrected chi connectivity index (χ3v) is 7.31. The van der Waals surface area contributed by atoms with Crippen LogP contribution in [0.3, 0.4) is 0 Å². The standard InChI is InChI=1S/C26H39NO4S/c1-16-8-7-9-17(2)25(29)20(5)26(30)18(3)11-13-24(28)31-23(12-10-16)19(4)14-22-15-32-21(6)27-22/h10,14-15,17-18,20,23,25,29H,7-9,11-13H2,1-6H3/b16-10-,19-14+/t17?,18?,20-,23+,25+/m1/s1. The molecule has 2 rings (SSSR count). The number of cyclic esters (lactones) is 1. The largest absolute Gasteiger partial charge is 0.457 e.